The van der Waals surface area contributed by atoms with Gasteiger partial charge in [-0.15, -0.1) is 22.7 Å². The quantitative estimate of drug-likeness (QED) is 0.762. The molecule has 1 aliphatic heterocycles. The Morgan fingerprint density at radius 3 is 3.04 bits per heavy atom. The summed E-state index contributed by atoms with van der Waals surface area (Å²) in [5, 5.41) is 2.98. The monoisotopic (exact) mass is 343 g/mol. The van der Waals surface area contributed by atoms with E-state index in [0.717, 1.165) is 45.5 Å². The number of thiophene rings is 1. The largest absolute Gasteiger partial charge is 0.363 e. The fourth-order valence-corrected chi connectivity index (χ4v) is 4.93. The molecule has 118 valence electrons. The Balaban J connectivity index is 1.64. The van der Waals surface area contributed by atoms with Crippen LogP contribution in [0.2, 0.25) is 0 Å². The molecule has 0 aromatic carbocycles. The maximum atomic E-state index is 13.0. The predicted molar refractivity (Wildman–Crippen MR) is 94.0 cm³/mol. The fraction of sp³-hybridized carbons (Fsp3) is 0.294. The van der Waals surface area contributed by atoms with Crippen molar-refractivity contribution in [2.75, 3.05) is 6.54 Å². The molecule has 3 aromatic rings. The summed E-state index contributed by atoms with van der Waals surface area (Å²) in [7, 11) is 0. The standard InChI is InChI=1S/C17H17N3OS2/c1-11-15(23-16(19-11)14-7-4-10-22-14)17(21)20-9-3-6-13(20)12-5-2-8-18-12/h2,4-5,7-8,10,13,18H,3,6,9H2,1H3/t13-/m0/s1. The molecule has 1 saturated heterocycles. The number of carbonyl (C=O) groups excluding carboxylic acids is 1. The number of nitrogens with zero attached hydrogens (tertiary/aromatic N) is 2. The number of hydrogen-bond donors (Lipinski definition) is 1. The molecule has 0 aliphatic carbocycles. The first kappa shape index (κ1) is 14.7. The van der Waals surface area contributed by atoms with E-state index in [2.05, 4.69) is 22.1 Å². The molecule has 0 unspecified atom stereocenters. The summed E-state index contributed by atoms with van der Waals surface area (Å²) in [6, 6.07) is 8.27. The van der Waals surface area contributed by atoms with Gasteiger partial charge in [-0.3, -0.25) is 4.79 Å². The molecule has 3 aromatic heterocycles. The summed E-state index contributed by atoms with van der Waals surface area (Å²) >= 11 is 3.17. The molecule has 0 saturated carbocycles. The lowest BCUT2D eigenvalue weighted by Crippen LogP contribution is -2.30. The summed E-state index contributed by atoms with van der Waals surface area (Å²) in [5.74, 6) is 0.111. The van der Waals surface area contributed by atoms with E-state index in [4.69, 9.17) is 0 Å². The van der Waals surface area contributed by atoms with Gasteiger partial charge in [0.05, 0.1) is 16.6 Å². The maximum absolute atomic E-state index is 13.0. The normalized spacial score (nSPS) is 17.8. The molecule has 6 heteroatoms. The van der Waals surface area contributed by atoms with E-state index >= 15 is 0 Å². The zero-order chi connectivity index (χ0) is 15.8. The van der Waals surface area contributed by atoms with Gasteiger partial charge in [0.15, 0.2) is 0 Å². The average molecular weight is 343 g/mol. The highest BCUT2D eigenvalue weighted by Crippen LogP contribution is 2.36. The van der Waals surface area contributed by atoms with Crippen LogP contribution in [0, 0.1) is 6.92 Å². The van der Waals surface area contributed by atoms with Gasteiger partial charge in [0.25, 0.3) is 5.91 Å². The van der Waals surface area contributed by atoms with Crippen LogP contribution in [0.3, 0.4) is 0 Å². The van der Waals surface area contributed by atoms with Crippen LogP contribution in [-0.4, -0.2) is 27.3 Å². The highest BCUT2D eigenvalue weighted by atomic mass is 32.1. The van der Waals surface area contributed by atoms with Crippen LogP contribution in [-0.2, 0) is 0 Å². The number of H-pyrrole nitrogens is 1. The summed E-state index contributed by atoms with van der Waals surface area (Å²) < 4.78 is 0. The van der Waals surface area contributed by atoms with E-state index in [-0.39, 0.29) is 11.9 Å². The van der Waals surface area contributed by atoms with Crippen molar-refractivity contribution in [1.82, 2.24) is 14.9 Å². The molecule has 1 atom stereocenters. The fourth-order valence-electron chi connectivity index (χ4n) is 3.12. The Bertz CT molecular complexity index is 805. The van der Waals surface area contributed by atoms with Crippen LogP contribution >= 0.6 is 22.7 Å². The minimum Gasteiger partial charge on any atom is -0.363 e. The van der Waals surface area contributed by atoms with E-state index in [9.17, 15) is 4.79 Å². The molecule has 4 nitrogen and oxygen atoms in total. The minimum atomic E-state index is 0.111. The number of rotatable bonds is 3. The number of carbonyl (C=O) groups is 1. The molecule has 4 rings (SSSR count). The Labute approximate surface area is 142 Å². The number of thiazole rings is 1. The number of aromatic nitrogens is 2. The second-order valence-corrected chi connectivity index (χ2v) is 7.64. The average Bonchev–Trinajstić information content (AvgIpc) is 3.31. The lowest BCUT2D eigenvalue weighted by molar-refractivity contribution is 0.0737. The van der Waals surface area contributed by atoms with E-state index in [1.54, 1.807) is 11.3 Å². The Morgan fingerprint density at radius 1 is 1.39 bits per heavy atom. The summed E-state index contributed by atoms with van der Waals surface area (Å²) in [6.07, 6.45) is 3.98. The van der Waals surface area contributed by atoms with Crippen LogP contribution in [0.4, 0.5) is 0 Å². The van der Waals surface area contributed by atoms with E-state index in [0.29, 0.717) is 0 Å². The van der Waals surface area contributed by atoms with Gasteiger partial charge in [0.2, 0.25) is 0 Å². The van der Waals surface area contributed by atoms with Crippen molar-refractivity contribution in [3.8, 4) is 9.88 Å². The van der Waals surface area contributed by atoms with Crippen molar-refractivity contribution in [3.63, 3.8) is 0 Å². The molecular formula is C17H17N3OS2. The molecule has 1 aliphatic rings. The SMILES string of the molecule is Cc1nc(-c2cccs2)sc1C(=O)N1CCC[C@H]1c1ccc[nH]1. The Morgan fingerprint density at radius 2 is 2.30 bits per heavy atom. The van der Waals surface area contributed by atoms with Gasteiger partial charge < -0.3 is 9.88 Å². The molecule has 1 fully saturated rings. The lowest BCUT2D eigenvalue weighted by atomic mass is 10.1. The van der Waals surface area contributed by atoms with Crippen LogP contribution in [0.5, 0.6) is 0 Å². The molecule has 4 heterocycles. The number of amides is 1. The van der Waals surface area contributed by atoms with Gasteiger partial charge in [0.1, 0.15) is 9.88 Å². The van der Waals surface area contributed by atoms with Gasteiger partial charge in [-0.05, 0) is 43.3 Å². The number of aryl methyl sites for hydroxylation is 1. The van der Waals surface area contributed by atoms with Crippen molar-refractivity contribution in [2.45, 2.75) is 25.8 Å². The molecule has 23 heavy (non-hydrogen) atoms. The van der Waals surface area contributed by atoms with E-state index in [1.165, 1.54) is 11.3 Å². The van der Waals surface area contributed by atoms with Crippen LogP contribution in [0.25, 0.3) is 9.88 Å². The van der Waals surface area contributed by atoms with Gasteiger partial charge in [-0.1, -0.05) is 6.07 Å². The summed E-state index contributed by atoms with van der Waals surface area (Å²) in [6.45, 7) is 2.74. The number of nitrogens with one attached hydrogen (secondary N) is 1. The molecule has 0 bridgehead atoms. The molecule has 1 N–H and O–H groups in total. The Hall–Kier alpha value is -1.92. The topological polar surface area (TPSA) is 49.0 Å². The first-order chi connectivity index (χ1) is 11.2. The summed E-state index contributed by atoms with van der Waals surface area (Å²) in [4.78, 5) is 24.8. The van der Waals surface area contributed by atoms with Gasteiger partial charge in [-0.2, -0.15) is 0 Å². The molecule has 0 spiro atoms. The highest BCUT2D eigenvalue weighted by Gasteiger charge is 2.33. The Kier molecular flexibility index (Phi) is 3.79. The summed E-state index contributed by atoms with van der Waals surface area (Å²) in [5.41, 5.74) is 1.96. The van der Waals surface area contributed by atoms with Crippen LogP contribution < -0.4 is 0 Å². The zero-order valence-corrected chi connectivity index (χ0v) is 14.4. The third-order valence-corrected chi connectivity index (χ3v) is 6.40. The predicted octanol–water partition coefficient (Wildman–Crippen LogP) is 4.49. The van der Waals surface area contributed by atoms with E-state index < -0.39 is 0 Å². The van der Waals surface area contributed by atoms with Gasteiger partial charge in [0, 0.05) is 18.4 Å². The number of hydrogen-bond acceptors (Lipinski definition) is 4. The van der Waals surface area contributed by atoms with Crippen molar-refractivity contribution in [2.24, 2.45) is 0 Å². The van der Waals surface area contributed by atoms with E-state index in [1.807, 2.05) is 35.5 Å². The zero-order valence-electron chi connectivity index (χ0n) is 12.8. The van der Waals surface area contributed by atoms with Gasteiger partial charge >= 0.3 is 0 Å². The first-order valence-electron chi connectivity index (χ1n) is 7.69. The lowest BCUT2D eigenvalue weighted by Gasteiger charge is -2.23. The van der Waals surface area contributed by atoms with Crippen LogP contribution in [0.1, 0.15) is 39.9 Å². The third kappa shape index (κ3) is 2.62. The minimum absolute atomic E-state index is 0.111. The van der Waals surface area contributed by atoms with Gasteiger partial charge in [-0.25, -0.2) is 4.98 Å². The first-order valence-corrected chi connectivity index (χ1v) is 9.39. The number of likely N-dealkylation sites (tertiary alicyclic amines) is 1. The van der Waals surface area contributed by atoms with Crippen molar-refractivity contribution in [1.29, 1.82) is 0 Å². The van der Waals surface area contributed by atoms with Crippen molar-refractivity contribution >= 4 is 28.6 Å². The molecule has 0 radical (unpaired) electrons. The van der Waals surface area contributed by atoms with Crippen molar-refractivity contribution < 1.29 is 4.79 Å². The second kappa shape index (κ2) is 5.94. The highest BCUT2D eigenvalue weighted by molar-refractivity contribution is 7.22. The molecular weight excluding hydrogens is 326 g/mol. The smallest absolute Gasteiger partial charge is 0.266 e. The second-order valence-electron chi connectivity index (χ2n) is 5.69. The molecule has 1 amide bonds. The maximum Gasteiger partial charge on any atom is 0.266 e. The van der Waals surface area contributed by atoms with Crippen LogP contribution in [0.15, 0.2) is 35.8 Å². The van der Waals surface area contributed by atoms with Crippen molar-refractivity contribution in [3.05, 3.63) is 52.1 Å². The number of aromatic amines is 1. The third-order valence-electron chi connectivity index (χ3n) is 4.22.